The zero-order valence-electron chi connectivity index (χ0n) is 9.71. The number of anilines is 1. The van der Waals surface area contributed by atoms with Crippen molar-refractivity contribution < 1.29 is 4.74 Å². The second kappa shape index (κ2) is 4.37. The zero-order chi connectivity index (χ0) is 12.4. The van der Waals surface area contributed by atoms with Crippen LogP contribution < -0.4 is 10.5 Å². The van der Waals surface area contributed by atoms with E-state index in [-0.39, 0.29) is 0 Å². The number of hydrogen-bond donors (Lipinski definition) is 1. The molecule has 0 bridgehead atoms. The van der Waals surface area contributed by atoms with Crippen molar-refractivity contribution in [3.63, 3.8) is 0 Å². The van der Waals surface area contributed by atoms with Crippen LogP contribution in [0.2, 0.25) is 0 Å². The summed E-state index contributed by atoms with van der Waals surface area (Å²) in [5, 5.41) is 0.908. The highest BCUT2D eigenvalue weighted by molar-refractivity contribution is 5.94. The smallest absolute Gasteiger partial charge is 0.153 e. The van der Waals surface area contributed by atoms with Gasteiger partial charge in [-0.05, 0) is 36.4 Å². The van der Waals surface area contributed by atoms with Crippen LogP contribution in [0.5, 0.6) is 11.5 Å². The second-order valence-electron chi connectivity index (χ2n) is 3.97. The molecule has 3 heteroatoms. The molecule has 0 unspecified atom stereocenters. The Balaban J connectivity index is 2.10. The van der Waals surface area contributed by atoms with Crippen LogP contribution in [0, 0.1) is 0 Å². The van der Waals surface area contributed by atoms with Gasteiger partial charge in [0, 0.05) is 17.3 Å². The Kier molecular flexibility index (Phi) is 2.57. The van der Waals surface area contributed by atoms with E-state index in [9.17, 15) is 0 Å². The van der Waals surface area contributed by atoms with E-state index < -0.39 is 0 Å². The Morgan fingerprint density at radius 3 is 2.56 bits per heavy atom. The molecule has 0 saturated carbocycles. The zero-order valence-corrected chi connectivity index (χ0v) is 9.71. The summed E-state index contributed by atoms with van der Waals surface area (Å²) in [5.74, 6) is 1.50. The van der Waals surface area contributed by atoms with E-state index in [1.807, 2.05) is 54.6 Å². The molecule has 3 aromatic rings. The fourth-order valence-electron chi connectivity index (χ4n) is 1.87. The molecule has 0 saturated heterocycles. The Labute approximate surface area is 105 Å². The minimum atomic E-state index is 0.707. The largest absolute Gasteiger partial charge is 0.455 e. The fourth-order valence-corrected chi connectivity index (χ4v) is 1.87. The lowest BCUT2D eigenvalue weighted by atomic mass is 10.1. The first-order chi connectivity index (χ1) is 8.84. The maximum absolute atomic E-state index is 5.92. The summed E-state index contributed by atoms with van der Waals surface area (Å²) in [7, 11) is 0. The summed E-state index contributed by atoms with van der Waals surface area (Å²) in [6.45, 7) is 0. The lowest BCUT2D eigenvalue weighted by Crippen LogP contribution is -1.92. The molecule has 0 spiro atoms. The Bertz CT molecular complexity index is 680. The van der Waals surface area contributed by atoms with E-state index in [1.165, 1.54) is 0 Å². The summed E-state index contributed by atoms with van der Waals surface area (Å²) in [6.07, 6.45) is 1.74. The first kappa shape index (κ1) is 10.6. The third-order valence-corrected chi connectivity index (χ3v) is 2.74. The van der Waals surface area contributed by atoms with E-state index in [1.54, 1.807) is 6.20 Å². The number of nitrogen functional groups attached to an aromatic ring is 1. The molecule has 2 N–H and O–H groups in total. The van der Waals surface area contributed by atoms with Gasteiger partial charge in [0.15, 0.2) is 5.75 Å². The van der Waals surface area contributed by atoms with Crippen molar-refractivity contribution in [2.24, 2.45) is 0 Å². The molecule has 18 heavy (non-hydrogen) atoms. The van der Waals surface area contributed by atoms with E-state index in [2.05, 4.69) is 4.98 Å². The fraction of sp³-hybridized carbons (Fsp3) is 0. The van der Waals surface area contributed by atoms with Gasteiger partial charge in [-0.15, -0.1) is 0 Å². The van der Waals surface area contributed by atoms with Gasteiger partial charge >= 0.3 is 0 Å². The van der Waals surface area contributed by atoms with E-state index >= 15 is 0 Å². The van der Waals surface area contributed by atoms with Crippen LogP contribution in [0.25, 0.3) is 10.9 Å². The van der Waals surface area contributed by atoms with Gasteiger partial charge in [0.25, 0.3) is 0 Å². The van der Waals surface area contributed by atoms with Gasteiger partial charge in [0.1, 0.15) is 11.3 Å². The molecule has 3 nitrogen and oxygen atoms in total. The topological polar surface area (TPSA) is 48.1 Å². The third-order valence-electron chi connectivity index (χ3n) is 2.74. The molecule has 1 heterocycles. The number of nitrogens with zero attached hydrogens (tertiary/aromatic N) is 1. The SMILES string of the molecule is Nc1ccc(Oc2ccccc2)c2ncccc12. The molecule has 0 fully saturated rings. The van der Waals surface area contributed by atoms with Crippen LogP contribution >= 0.6 is 0 Å². The lowest BCUT2D eigenvalue weighted by Gasteiger charge is -2.09. The Morgan fingerprint density at radius 1 is 0.889 bits per heavy atom. The number of rotatable bonds is 2. The minimum Gasteiger partial charge on any atom is -0.455 e. The van der Waals surface area contributed by atoms with Crippen molar-refractivity contribution in [2.45, 2.75) is 0 Å². The first-order valence-corrected chi connectivity index (χ1v) is 5.71. The van der Waals surface area contributed by atoms with Crippen molar-refractivity contribution in [3.05, 3.63) is 60.8 Å². The average Bonchev–Trinajstić information content (AvgIpc) is 2.44. The van der Waals surface area contributed by atoms with Crippen LogP contribution in [-0.2, 0) is 0 Å². The number of hydrogen-bond acceptors (Lipinski definition) is 3. The van der Waals surface area contributed by atoms with Crippen molar-refractivity contribution in [1.29, 1.82) is 0 Å². The maximum atomic E-state index is 5.92. The Hall–Kier alpha value is -2.55. The van der Waals surface area contributed by atoms with Crippen LogP contribution in [-0.4, -0.2) is 4.98 Å². The van der Waals surface area contributed by atoms with Gasteiger partial charge in [-0.1, -0.05) is 18.2 Å². The van der Waals surface area contributed by atoms with Gasteiger partial charge in [0.2, 0.25) is 0 Å². The molecule has 0 aliphatic rings. The van der Waals surface area contributed by atoms with Crippen LogP contribution in [0.1, 0.15) is 0 Å². The second-order valence-corrected chi connectivity index (χ2v) is 3.97. The van der Waals surface area contributed by atoms with E-state index in [0.29, 0.717) is 11.4 Å². The van der Waals surface area contributed by atoms with Crippen molar-refractivity contribution in [3.8, 4) is 11.5 Å². The van der Waals surface area contributed by atoms with Crippen molar-refractivity contribution in [1.82, 2.24) is 4.98 Å². The minimum absolute atomic E-state index is 0.707. The normalized spacial score (nSPS) is 10.4. The number of pyridine rings is 1. The van der Waals surface area contributed by atoms with Crippen LogP contribution in [0.3, 0.4) is 0 Å². The molecule has 0 aliphatic heterocycles. The van der Waals surface area contributed by atoms with Gasteiger partial charge in [-0.2, -0.15) is 0 Å². The van der Waals surface area contributed by atoms with Crippen molar-refractivity contribution in [2.75, 3.05) is 5.73 Å². The highest BCUT2D eigenvalue weighted by Crippen LogP contribution is 2.31. The molecular formula is C15H12N2O. The van der Waals surface area contributed by atoms with Crippen LogP contribution in [0.15, 0.2) is 60.8 Å². The molecule has 1 aromatic heterocycles. The molecule has 0 atom stereocenters. The van der Waals surface area contributed by atoms with E-state index in [0.717, 1.165) is 16.7 Å². The number of ether oxygens (including phenoxy) is 1. The molecule has 3 rings (SSSR count). The summed E-state index contributed by atoms with van der Waals surface area (Å²) in [4.78, 5) is 4.33. The molecule has 0 radical (unpaired) electrons. The molecular weight excluding hydrogens is 224 g/mol. The van der Waals surface area contributed by atoms with Gasteiger partial charge in [0.05, 0.1) is 0 Å². The maximum Gasteiger partial charge on any atom is 0.153 e. The number of fused-ring (bicyclic) bond motifs is 1. The number of nitrogens with two attached hydrogens (primary N) is 1. The molecule has 2 aromatic carbocycles. The van der Waals surface area contributed by atoms with Crippen molar-refractivity contribution >= 4 is 16.6 Å². The third kappa shape index (κ3) is 1.86. The predicted molar refractivity (Wildman–Crippen MR) is 72.7 cm³/mol. The van der Waals surface area contributed by atoms with Gasteiger partial charge < -0.3 is 10.5 Å². The average molecular weight is 236 g/mol. The summed E-state index contributed by atoms with van der Waals surface area (Å²) >= 11 is 0. The molecule has 0 aliphatic carbocycles. The summed E-state index contributed by atoms with van der Waals surface area (Å²) in [5.41, 5.74) is 7.41. The standard InChI is InChI=1S/C15H12N2O/c16-13-8-9-14(15-12(13)7-4-10-17-15)18-11-5-2-1-3-6-11/h1-10H,16H2. The summed E-state index contributed by atoms with van der Waals surface area (Å²) in [6, 6.07) is 17.1. The highest BCUT2D eigenvalue weighted by Gasteiger charge is 2.06. The number of para-hydroxylation sites is 1. The van der Waals surface area contributed by atoms with Crippen LogP contribution in [0.4, 0.5) is 5.69 Å². The lowest BCUT2D eigenvalue weighted by molar-refractivity contribution is 0.487. The monoisotopic (exact) mass is 236 g/mol. The van der Waals surface area contributed by atoms with E-state index in [4.69, 9.17) is 10.5 Å². The molecule has 0 amide bonds. The molecule has 88 valence electrons. The number of aromatic nitrogens is 1. The number of benzene rings is 2. The highest BCUT2D eigenvalue weighted by atomic mass is 16.5. The van der Waals surface area contributed by atoms with Gasteiger partial charge in [-0.25, -0.2) is 0 Å². The quantitative estimate of drug-likeness (QED) is 0.691. The predicted octanol–water partition coefficient (Wildman–Crippen LogP) is 3.61. The first-order valence-electron chi connectivity index (χ1n) is 5.71. The summed E-state index contributed by atoms with van der Waals surface area (Å²) < 4.78 is 5.83. The van der Waals surface area contributed by atoms with Gasteiger partial charge in [-0.3, -0.25) is 4.98 Å². The Morgan fingerprint density at radius 2 is 1.72 bits per heavy atom.